The molecule has 0 saturated carbocycles. The first-order valence-electron chi connectivity index (χ1n) is 4.92. The molecular weight excluding hydrogens is 226 g/mol. The summed E-state index contributed by atoms with van der Waals surface area (Å²) in [5, 5.41) is 4.74. The molecule has 0 aliphatic carbocycles. The Balaban J connectivity index is 1.95. The van der Waals surface area contributed by atoms with E-state index in [1.807, 2.05) is 22.2 Å². The third-order valence-corrected chi connectivity index (χ3v) is 3.08. The van der Waals surface area contributed by atoms with Gasteiger partial charge in [0.2, 0.25) is 5.91 Å². The minimum atomic E-state index is -0.427. The lowest BCUT2D eigenvalue weighted by Gasteiger charge is -2.08. The lowest BCUT2D eigenvalue weighted by Crippen LogP contribution is -2.33. The van der Waals surface area contributed by atoms with Crippen LogP contribution in [0, 0.1) is 0 Å². The van der Waals surface area contributed by atoms with Crippen molar-refractivity contribution in [3.63, 3.8) is 0 Å². The van der Waals surface area contributed by atoms with Crippen LogP contribution in [0.1, 0.15) is 12.6 Å². The van der Waals surface area contributed by atoms with Crippen LogP contribution in [0.25, 0.3) is 4.96 Å². The highest BCUT2D eigenvalue weighted by Crippen LogP contribution is 2.10. The van der Waals surface area contributed by atoms with Gasteiger partial charge in [-0.3, -0.25) is 9.20 Å². The molecule has 0 fully saturated rings. The molecule has 0 spiro atoms. The average Bonchev–Trinajstić information content (AvgIpc) is 2.84. The Hall–Kier alpha value is -1.40. The summed E-state index contributed by atoms with van der Waals surface area (Å²) in [6.45, 7) is 2.14. The summed E-state index contributed by atoms with van der Waals surface area (Å²) in [7, 11) is 1.51. The number of hydrogen-bond acceptors (Lipinski definition) is 4. The van der Waals surface area contributed by atoms with Gasteiger partial charge in [0.1, 0.15) is 6.10 Å². The monoisotopic (exact) mass is 239 g/mol. The fourth-order valence-corrected chi connectivity index (χ4v) is 2.01. The van der Waals surface area contributed by atoms with Gasteiger partial charge in [0.05, 0.1) is 12.2 Å². The number of imidazole rings is 1. The Morgan fingerprint density at radius 3 is 3.25 bits per heavy atom. The van der Waals surface area contributed by atoms with Gasteiger partial charge in [-0.15, -0.1) is 11.3 Å². The molecule has 0 radical (unpaired) electrons. The van der Waals surface area contributed by atoms with Crippen LogP contribution in [0.5, 0.6) is 0 Å². The van der Waals surface area contributed by atoms with Gasteiger partial charge in [0.25, 0.3) is 0 Å². The van der Waals surface area contributed by atoms with Gasteiger partial charge in [-0.05, 0) is 6.92 Å². The number of carbonyl (C=O) groups excluding carboxylic acids is 1. The zero-order chi connectivity index (χ0) is 11.5. The number of amides is 1. The molecule has 16 heavy (non-hydrogen) atoms. The van der Waals surface area contributed by atoms with Crippen molar-refractivity contribution in [2.24, 2.45) is 0 Å². The third kappa shape index (κ3) is 2.23. The van der Waals surface area contributed by atoms with Gasteiger partial charge in [-0.1, -0.05) is 0 Å². The van der Waals surface area contributed by atoms with Crippen molar-refractivity contribution in [3.05, 3.63) is 23.5 Å². The Bertz CT molecular complexity index is 462. The second-order valence-electron chi connectivity index (χ2n) is 3.42. The second kappa shape index (κ2) is 4.63. The SMILES string of the molecule is COC(C)C(=O)NCc1cn2ccsc2n1. The van der Waals surface area contributed by atoms with Crippen LogP contribution in [0.3, 0.4) is 0 Å². The summed E-state index contributed by atoms with van der Waals surface area (Å²) >= 11 is 1.57. The summed E-state index contributed by atoms with van der Waals surface area (Å²) in [6.07, 6.45) is 3.42. The van der Waals surface area contributed by atoms with Crippen molar-refractivity contribution in [2.75, 3.05) is 7.11 Å². The molecule has 5 nitrogen and oxygen atoms in total. The van der Waals surface area contributed by atoms with Crippen LogP contribution in [0.4, 0.5) is 0 Å². The number of fused-ring (bicyclic) bond motifs is 1. The lowest BCUT2D eigenvalue weighted by atomic mass is 10.3. The normalized spacial score (nSPS) is 12.9. The molecule has 2 aromatic rings. The number of aromatic nitrogens is 2. The number of carbonyl (C=O) groups is 1. The van der Waals surface area contributed by atoms with Crippen molar-refractivity contribution in [3.8, 4) is 0 Å². The zero-order valence-electron chi connectivity index (χ0n) is 9.14. The molecular formula is C10H13N3O2S. The van der Waals surface area contributed by atoms with Crippen molar-refractivity contribution >= 4 is 22.2 Å². The molecule has 2 rings (SSSR count). The molecule has 0 aliphatic rings. The Labute approximate surface area is 97.1 Å². The van der Waals surface area contributed by atoms with Crippen molar-refractivity contribution in [2.45, 2.75) is 19.6 Å². The number of hydrogen-bond donors (Lipinski definition) is 1. The van der Waals surface area contributed by atoms with Gasteiger partial charge >= 0.3 is 0 Å². The van der Waals surface area contributed by atoms with E-state index in [9.17, 15) is 4.79 Å². The number of ether oxygens (including phenoxy) is 1. The molecule has 1 atom stereocenters. The van der Waals surface area contributed by atoms with Gasteiger partial charge in [-0.2, -0.15) is 0 Å². The van der Waals surface area contributed by atoms with Crippen LogP contribution in [-0.2, 0) is 16.1 Å². The molecule has 1 amide bonds. The van der Waals surface area contributed by atoms with Crippen LogP contribution >= 0.6 is 11.3 Å². The van der Waals surface area contributed by atoms with Gasteiger partial charge in [0.15, 0.2) is 4.96 Å². The second-order valence-corrected chi connectivity index (χ2v) is 4.29. The molecule has 2 aromatic heterocycles. The number of nitrogens with zero attached hydrogens (tertiary/aromatic N) is 2. The van der Waals surface area contributed by atoms with Gasteiger partial charge in [-0.25, -0.2) is 4.98 Å². The Kier molecular flexibility index (Phi) is 3.21. The van der Waals surface area contributed by atoms with E-state index < -0.39 is 6.10 Å². The highest BCUT2D eigenvalue weighted by molar-refractivity contribution is 7.15. The summed E-state index contributed by atoms with van der Waals surface area (Å²) in [5.41, 5.74) is 0.850. The quantitative estimate of drug-likeness (QED) is 0.867. The van der Waals surface area contributed by atoms with E-state index in [0.717, 1.165) is 10.7 Å². The topological polar surface area (TPSA) is 55.6 Å². The number of nitrogens with one attached hydrogen (secondary N) is 1. The Morgan fingerprint density at radius 2 is 2.56 bits per heavy atom. The standard InChI is InChI=1S/C10H13N3O2S/c1-7(15-2)9(14)11-5-8-6-13-3-4-16-10(13)12-8/h3-4,6-7H,5H2,1-2H3,(H,11,14). The molecule has 0 aliphatic heterocycles. The van der Waals surface area contributed by atoms with E-state index in [-0.39, 0.29) is 5.91 Å². The number of methoxy groups -OCH3 is 1. The average molecular weight is 239 g/mol. The predicted molar refractivity (Wildman–Crippen MR) is 61.4 cm³/mol. The van der Waals surface area contributed by atoms with Crippen molar-refractivity contribution in [1.82, 2.24) is 14.7 Å². The van der Waals surface area contributed by atoms with Crippen molar-refractivity contribution < 1.29 is 9.53 Å². The van der Waals surface area contributed by atoms with E-state index in [4.69, 9.17) is 4.74 Å². The minimum Gasteiger partial charge on any atom is -0.372 e. The highest BCUT2D eigenvalue weighted by atomic mass is 32.1. The smallest absolute Gasteiger partial charge is 0.249 e. The molecule has 6 heteroatoms. The maximum absolute atomic E-state index is 11.4. The van der Waals surface area contributed by atoms with Crippen LogP contribution in [-0.4, -0.2) is 28.5 Å². The maximum Gasteiger partial charge on any atom is 0.249 e. The lowest BCUT2D eigenvalue weighted by molar-refractivity contribution is -0.130. The highest BCUT2D eigenvalue weighted by Gasteiger charge is 2.11. The first-order chi connectivity index (χ1) is 7.70. The fraction of sp³-hybridized carbons (Fsp3) is 0.400. The zero-order valence-corrected chi connectivity index (χ0v) is 9.95. The van der Waals surface area contributed by atoms with Crippen LogP contribution in [0.2, 0.25) is 0 Å². The fourth-order valence-electron chi connectivity index (χ4n) is 1.29. The number of rotatable bonds is 4. The summed E-state index contributed by atoms with van der Waals surface area (Å²) in [5.74, 6) is -0.126. The van der Waals surface area contributed by atoms with E-state index >= 15 is 0 Å². The summed E-state index contributed by atoms with van der Waals surface area (Å²) < 4.78 is 6.85. The molecule has 1 N–H and O–H groups in total. The number of thiazole rings is 1. The van der Waals surface area contributed by atoms with E-state index in [1.54, 1.807) is 18.3 Å². The summed E-state index contributed by atoms with van der Waals surface area (Å²) in [4.78, 5) is 16.7. The molecule has 2 heterocycles. The Morgan fingerprint density at radius 1 is 1.75 bits per heavy atom. The minimum absolute atomic E-state index is 0.126. The molecule has 0 bridgehead atoms. The molecule has 0 saturated heterocycles. The predicted octanol–water partition coefficient (Wildman–Crippen LogP) is 1.05. The maximum atomic E-state index is 11.4. The summed E-state index contributed by atoms with van der Waals surface area (Å²) in [6, 6.07) is 0. The largest absolute Gasteiger partial charge is 0.372 e. The molecule has 1 unspecified atom stereocenters. The third-order valence-electron chi connectivity index (χ3n) is 2.31. The van der Waals surface area contributed by atoms with E-state index in [0.29, 0.717) is 6.54 Å². The molecule has 86 valence electrons. The van der Waals surface area contributed by atoms with E-state index in [1.165, 1.54) is 7.11 Å². The van der Waals surface area contributed by atoms with Crippen LogP contribution in [0.15, 0.2) is 17.8 Å². The first kappa shape index (κ1) is 11.1. The van der Waals surface area contributed by atoms with Gasteiger partial charge in [0, 0.05) is 24.9 Å². The first-order valence-corrected chi connectivity index (χ1v) is 5.80. The molecule has 0 aromatic carbocycles. The van der Waals surface area contributed by atoms with E-state index in [2.05, 4.69) is 10.3 Å². The van der Waals surface area contributed by atoms with Gasteiger partial charge < -0.3 is 10.1 Å². The van der Waals surface area contributed by atoms with Crippen molar-refractivity contribution in [1.29, 1.82) is 0 Å². The van der Waals surface area contributed by atoms with Crippen LogP contribution < -0.4 is 5.32 Å².